The van der Waals surface area contributed by atoms with Crippen molar-refractivity contribution in [3.8, 4) is 5.75 Å². The zero-order chi connectivity index (χ0) is 24.3. The van der Waals surface area contributed by atoms with Crippen molar-refractivity contribution in [1.29, 1.82) is 0 Å². The molecule has 0 fully saturated rings. The largest absolute Gasteiger partial charge is 0.507 e. The molecule has 0 aliphatic heterocycles. The van der Waals surface area contributed by atoms with E-state index in [1.165, 1.54) is 48.3 Å². The van der Waals surface area contributed by atoms with Crippen molar-refractivity contribution in [2.24, 2.45) is 5.10 Å². The number of nitro benzene ring substituents is 1. The van der Waals surface area contributed by atoms with Gasteiger partial charge in [0.05, 0.1) is 11.1 Å². The van der Waals surface area contributed by atoms with Gasteiger partial charge in [0.1, 0.15) is 11.8 Å². The summed E-state index contributed by atoms with van der Waals surface area (Å²) in [6.07, 6.45) is 1.31. The van der Waals surface area contributed by atoms with Crippen LogP contribution in [0.3, 0.4) is 0 Å². The highest BCUT2D eigenvalue weighted by Gasteiger charge is 2.22. The van der Waals surface area contributed by atoms with Gasteiger partial charge >= 0.3 is 0 Å². The SMILES string of the molecule is O=C(NC(CSCc1ccccc1)C(=O)N/N=C/c1ccccc1O)c1ccc([N+](=O)[O-])cc1. The standard InChI is InChI=1S/C24H22N4O5S/c29-22-9-5-4-8-19(22)14-25-27-24(31)21(16-34-15-17-6-2-1-3-7-17)26-23(30)18-10-12-20(13-11-18)28(32)33/h1-14,21,29H,15-16H2,(H,26,30)(H,27,31)/b25-14+. The molecular weight excluding hydrogens is 456 g/mol. The average Bonchev–Trinajstić information content (AvgIpc) is 2.85. The molecule has 0 radical (unpaired) electrons. The number of nitro groups is 1. The highest BCUT2D eigenvalue weighted by molar-refractivity contribution is 7.98. The molecule has 0 aromatic heterocycles. The van der Waals surface area contributed by atoms with E-state index >= 15 is 0 Å². The Kier molecular flexibility index (Phi) is 8.75. The molecule has 34 heavy (non-hydrogen) atoms. The van der Waals surface area contributed by atoms with Crippen LogP contribution < -0.4 is 10.7 Å². The monoisotopic (exact) mass is 478 g/mol. The van der Waals surface area contributed by atoms with E-state index in [4.69, 9.17) is 0 Å². The highest BCUT2D eigenvalue weighted by atomic mass is 32.2. The molecule has 174 valence electrons. The van der Waals surface area contributed by atoms with E-state index in [9.17, 15) is 24.8 Å². The number of aromatic hydroxyl groups is 1. The Morgan fingerprint density at radius 3 is 2.38 bits per heavy atom. The van der Waals surface area contributed by atoms with Gasteiger partial charge < -0.3 is 10.4 Å². The number of carbonyl (C=O) groups excluding carboxylic acids is 2. The first-order valence-electron chi connectivity index (χ1n) is 10.2. The number of phenols is 1. The van der Waals surface area contributed by atoms with Gasteiger partial charge in [-0.25, -0.2) is 5.43 Å². The van der Waals surface area contributed by atoms with Crippen LogP contribution in [0.25, 0.3) is 0 Å². The van der Waals surface area contributed by atoms with Crippen LogP contribution in [-0.2, 0) is 10.5 Å². The summed E-state index contributed by atoms with van der Waals surface area (Å²) < 4.78 is 0. The lowest BCUT2D eigenvalue weighted by Crippen LogP contribution is -2.47. The smallest absolute Gasteiger partial charge is 0.269 e. The number of carbonyl (C=O) groups is 2. The molecule has 3 aromatic rings. The lowest BCUT2D eigenvalue weighted by atomic mass is 10.2. The minimum atomic E-state index is -0.919. The number of hydrogen-bond acceptors (Lipinski definition) is 7. The summed E-state index contributed by atoms with van der Waals surface area (Å²) in [6, 6.07) is 20.4. The third kappa shape index (κ3) is 7.17. The average molecular weight is 479 g/mol. The Morgan fingerprint density at radius 2 is 1.71 bits per heavy atom. The fourth-order valence-electron chi connectivity index (χ4n) is 2.87. The van der Waals surface area contributed by atoms with Gasteiger partial charge in [-0.15, -0.1) is 0 Å². The van der Waals surface area contributed by atoms with Crippen molar-refractivity contribution >= 4 is 35.5 Å². The van der Waals surface area contributed by atoms with Crippen LogP contribution >= 0.6 is 11.8 Å². The predicted molar refractivity (Wildman–Crippen MR) is 131 cm³/mol. The fourth-order valence-corrected chi connectivity index (χ4v) is 3.88. The fraction of sp³-hybridized carbons (Fsp3) is 0.125. The molecule has 2 amide bonds. The molecule has 0 spiro atoms. The number of benzene rings is 3. The van der Waals surface area contributed by atoms with Gasteiger partial charge in [-0.1, -0.05) is 42.5 Å². The molecule has 3 N–H and O–H groups in total. The summed E-state index contributed by atoms with van der Waals surface area (Å²) in [7, 11) is 0. The number of amides is 2. The molecule has 0 aliphatic carbocycles. The van der Waals surface area contributed by atoms with Gasteiger partial charge in [0.25, 0.3) is 17.5 Å². The third-order valence-electron chi connectivity index (χ3n) is 4.67. The number of hydrazone groups is 1. The van der Waals surface area contributed by atoms with E-state index in [1.807, 2.05) is 30.3 Å². The maximum Gasteiger partial charge on any atom is 0.269 e. The lowest BCUT2D eigenvalue weighted by molar-refractivity contribution is -0.384. The summed E-state index contributed by atoms with van der Waals surface area (Å²) in [5.74, 6) is -0.158. The molecular formula is C24H22N4O5S. The van der Waals surface area contributed by atoms with Crippen LogP contribution in [-0.4, -0.2) is 39.9 Å². The number of nitrogens with zero attached hydrogens (tertiary/aromatic N) is 2. The molecule has 1 atom stereocenters. The number of nitrogens with one attached hydrogen (secondary N) is 2. The van der Waals surface area contributed by atoms with Crippen molar-refractivity contribution in [2.75, 3.05) is 5.75 Å². The molecule has 0 bridgehead atoms. The molecule has 9 nitrogen and oxygen atoms in total. The number of rotatable bonds is 10. The van der Waals surface area contributed by atoms with Crippen molar-refractivity contribution < 1.29 is 19.6 Å². The van der Waals surface area contributed by atoms with Gasteiger partial charge in [-0.3, -0.25) is 19.7 Å². The van der Waals surface area contributed by atoms with E-state index in [0.717, 1.165) is 5.56 Å². The Hall–Kier alpha value is -4.18. The Labute approximate surface area is 200 Å². The minimum Gasteiger partial charge on any atom is -0.507 e. The van der Waals surface area contributed by atoms with Crippen LogP contribution in [0.4, 0.5) is 5.69 Å². The van der Waals surface area contributed by atoms with Crippen LogP contribution in [0.1, 0.15) is 21.5 Å². The van der Waals surface area contributed by atoms with Crippen molar-refractivity contribution in [3.05, 3.63) is 106 Å². The van der Waals surface area contributed by atoms with Crippen LogP contribution in [0.2, 0.25) is 0 Å². The summed E-state index contributed by atoms with van der Waals surface area (Å²) in [6.45, 7) is 0. The van der Waals surface area contributed by atoms with Crippen LogP contribution in [0.15, 0.2) is 84.0 Å². The number of thioether (sulfide) groups is 1. The Morgan fingerprint density at radius 1 is 1.03 bits per heavy atom. The van der Waals surface area contributed by atoms with E-state index in [1.54, 1.807) is 18.2 Å². The molecule has 3 aromatic carbocycles. The summed E-state index contributed by atoms with van der Waals surface area (Å²) in [5.41, 5.74) is 3.94. The van der Waals surface area contributed by atoms with Gasteiger partial charge in [0.15, 0.2) is 0 Å². The molecule has 3 rings (SSSR count). The number of non-ortho nitro benzene ring substituents is 1. The first-order chi connectivity index (χ1) is 16.4. The molecule has 10 heteroatoms. The molecule has 1 unspecified atom stereocenters. The van der Waals surface area contributed by atoms with Crippen LogP contribution in [0, 0.1) is 10.1 Å². The van der Waals surface area contributed by atoms with Gasteiger partial charge in [0.2, 0.25) is 0 Å². The normalized spacial score (nSPS) is 11.6. The predicted octanol–water partition coefficient (Wildman–Crippen LogP) is 3.48. The van der Waals surface area contributed by atoms with E-state index in [2.05, 4.69) is 15.8 Å². The zero-order valence-electron chi connectivity index (χ0n) is 18.0. The summed E-state index contributed by atoms with van der Waals surface area (Å²) >= 11 is 1.46. The lowest BCUT2D eigenvalue weighted by Gasteiger charge is -2.17. The first-order valence-corrected chi connectivity index (χ1v) is 11.4. The van der Waals surface area contributed by atoms with E-state index in [0.29, 0.717) is 11.3 Å². The second-order valence-corrected chi connectivity index (χ2v) is 8.15. The van der Waals surface area contributed by atoms with E-state index in [-0.39, 0.29) is 22.8 Å². The topological polar surface area (TPSA) is 134 Å². The number of para-hydroxylation sites is 1. The van der Waals surface area contributed by atoms with E-state index < -0.39 is 22.8 Å². The minimum absolute atomic E-state index is 0.0157. The second kappa shape index (κ2) is 12.2. The molecule has 0 saturated carbocycles. The third-order valence-corrected chi connectivity index (χ3v) is 5.78. The van der Waals surface area contributed by atoms with Gasteiger partial charge in [-0.05, 0) is 29.8 Å². The molecule has 0 aliphatic rings. The van der Waals surface area contributed by atoms with Crippen molar-refractivity contribution in [3.63, 3.8) is 0 Å². The second-order valence-electron chi connectivity index (χ2n) is 7.12. The van der Waals surface area contributed by atoms with Gasteiger partial charge in [0, 0.05) is 34.8 Å². The molecule has 0 heterocycles. The van der Waals surface area contributed by atoms with Crippen molar-refractivity contribution in [2.45, 2.75) is 11.8 Å². The molecule has 0 saturated heterocycles. The number of hydrogen-bond donors (Lipinski definition) is 3. The van der Waals surface area contributed by atoms with Crippen LogP contribution in [0.5, 0.6) is 5.75 Å². The Bertz CT molecular complexity index is 1170. The maximum atomic E-state index is 12.8. The Balaban J connectivity index is 1.67. The maximum absolute atomic E-state index is 12.8. The quantitative estimate of drug-likeness (QED) is 0.232. The summed E-state index contributed by atoms with van der Waals surface area (Å²) in [4.78, 5) is 35.7. The number of phenolic OH excluding ortho intramolecular Hbond substituents is 1. The highest BCUT2D eigenvalue weighted by Crippen LogP contribution is 2.15. The first kappa shape index (κ1) is 24.5. The summed E-state index contributed by atoms with van der Waals surface area (Å²) in [5, 5.41) is 27.2. The van der Waals surface area contributed by atoms with Crippen molar-refractivity contribution in [1.82, 2.24) is 10.7 Å². The zero-order valence-corrected chi connectivity index (χ0v) is 18.8. The van der Waals surface area contributed by atoms with Gasteiger partial charge in [-0.2, -0.15) is 16.9 Å².